The van der Waals surface area contributed by atoms with Gasteiger partial charge in [0.25, 0.3) is 0 Å². The van der Waals surface area contributed by atoms with Gasteiger partial charge in [0.15, 0.2) is 5.78 Å². The minimum atomic E-state index is 0.276. The fourth-order valence-electron chi connectivity index (χ4n) is 2.05. The molecule has 1 saturated carbocycles. The first kappa shape index (κ1) is 10.4. The average molecular weight is 202 g/mol. The molecule has 0 unspecified atom stereocenters. The molecule has 0 radical (unpaired) electrons. The number of rotatable bonds is 4. The number of carbonyl (C=O) groups is 1. The molecular weight excluding hydrogens is 184 g/mol. The highest BCUT2D eigenvalue weighted by atomic mass is 16.1. The van der Waals surface area contributed by atoms with Crippen LogP contribution in [-0.4, -0.2) is 5.78 Å². The van der Waals surface area contributed by atoms with Crippen LogP contribution in [-0.2, 0) is 0 Å². The summed E-state index contributed by atoms with van der Waals surface area (Å²) < 4.78 is 0. The van der Waals surface area contributed by atoms with Crippen LogP contribution in [0.15, 0.2) is 24.3 Å². The molecule has 1 nitrogen and oxygen atoms in total. The summed E-state index contributed by atoms with van der Waals surface area (Å²) in [5.41, 5.74) is 2.29. The van der Waals surface area contributed by atoms with Crippen molar-refractivity contribution in [1.82, 2.24) is 0 Å². The molecule has 0 saturated heterocycles. The molecule has 80 valence electrons. The van der Waals surface area contributed by atoms with Crippen molar-refractivity contribution < 1.29 is 4.79 Å². The molecule has 0 bridgehead atoms. The molecule has 0 atom stereocenters. The molecule has 1 aromatic rings. The molecule has 15 heavy (non-hydrogen) atoms. The Bertz CT molecular complexity index is 333. The zero-order chi connectivity index (χ0) is 10.7. The minimum absolute atomic E-state index is 0.276. The van der Waals surface area contributed by atoms with Crippen LogP contribution >= 0.6 is 0 Å². The number of benzene rings is 1. The predicted molar refractivity (Wildman–Crippen MR) is 62.3 cm³/mol. The van der Waals surface area contributed by atoms with Crippen molar-refractivity contribution in [3.63, 3.8) is 0 Å². The van der Waals surface area contributed by atoms with Crippen molar-refractivity contribution in [1.29, 1.82) is 0 Å². The molecule has 1 fully saturated rings. The maximum Gasteiger partial charge on any atom is 0.162 e. The third kappa shape index (κ3) is 2.28. The summed E-state index contributed by atoms with van der Waals surface area (Å²) in [6.45, 7) is 2.04. The fourth-order valence-corrected chi connectivity index (χ4v) is 2.05. The Morgan fingerprint density at radius 2 is 1.93 bits per heavy atom. The van der Waals surface area contributed by atoms with E-state index in [1.165, 1.54) is 24.8 Å². The molecule has 0 spiro atoms. The van der Waals surface area contributed by atoms with Crippen LogP contribution in [0.4, 0.5) is 0 Å². The summed E-state index contributed by atoms with van der Waals surface area (Å²) in [6, 6.07) is 8.25. The summed E-state index contributed by atoms with van der Waals surface area (Å²) >= 11 is 0. The zero-order valence-electron chi connectivity index (χ0n) is 9.33. The third-order valence-corrected chi connectivity index (χ3v) is 3.29. The maximum absolute atomic E-state index is 11.6. The Balaban J connectivity index is 2.06. The van der Waals surface area contributed by atoms with E-state index in [2.05, 4.69) is 12.1 Å². The van der Waals surface area contributed by atoms with Gasteiger partial charge in [0.2, 0.25) is 0 Å². The Morgan fingerprint density at radius 1 is 1.27 bits per heavy atom. The van der Waals surface area contributed by atoms with Gasteiger partial charge in [0.05, 0.1) is 0 Å². The van der Waals surface area contributed by atoms with E-state index in [1.807, 2.05) is 19.1 Å². The molecule has 1 aromatic carbocycles. The van der Waals surface area contributed by atoms with Crippen molar-refractivity contribution in [3.05, 3.63) is 35.4 Å². The zero-order valence-corrected chi connectivity index (χ0v) is 9.33. The lowest BCUT2D eigenvalue weighted by molar-refractivity contribution is 0.0981. The molecule has 1 aliphatic rings. The molecule has 2 rings (SSSR count). The van der Waals surface area contributed by atoms with E-state index >= 15 is 0 Å². The van der Waals surface area contributed by atoms with E-state index in [0.29, 0.717) is 6.42 Å². The minimum Gasteiger partial charge on any atom is -0.294 e. The van der Waals surface area contributed by atoms with Gasteiger partial charge in [-0.3, -0.25) is 4.79 Å². The Labute approximate surface area is 91.5 Å². The molecule has 0 amide bonds. The summed E-state index contributed by atoms with van der Waals surface area (Å²) in [4.78, 5) is 11.6. The second-order valence-corrected chi connectivity index (χ2v) is 4.42. The number of hydrogen-bond acceptors (Lipinski definition) is 1. The molecule has 1 heteroatoms. The highest BCUT2D eigenvalue weighted by Gasteiger charge is 2.19. The van der Waals surface area contributed by atoms with Crippen molar-refractivity contribution >= 4 is 5.78 Å². The largest absolute Gasteiger partial charge is 0.294 e. The summed E-state index contributed by atoms with van der Waals surface area (Å²) in [7, 11) is 0. The first-order valence-electron chi connectivity index (χ1n) is 5.94. The van der Waals surface area contributed by atoms with Crippen molar-refractivity contribution in [2.24, 2.45) is 0 Å². The summed E-state index contributed by atoms with van der Waals surface area (Å²) in [5, 5.41) is 0. The smallest absolute Gasteiger partial charge is 0.162 e. The topological polar surface area (TPSA) is 17.1 Å². The normalized spacial score (nSPS) is 16.1. The lowest BCUT2D eigenvalue weighted by Gasteiger charge is -2.25. The number of carbonyl (C=O) groups excluding carboxylic acids is 1. The van der Waals surface area contributed by atoms with E-state index in [-0.39, 0.29) is 5.78 Å². The van der Waals surface area contributed by atoms with Gasteiger partial charge in [0.1, 0.15) is 0 Å². The van der Waals surface area contributed by atoms with Crippen LogP contribution in [0.25, 0.3) is 0 Å². The van der Waals surface area contributed by atoms with E-state index in [0.717, 1.165) is 17.9 Å². The highest BCUT2D eigenvalue weighted by molar-refractivity contribution is 5.96. The number of hydrogen-bond donors (Lipinski definition) is 0. The van der Waals surface area contributed by atoms with Crippen LogP contribution < -0.4 is 0 Å². The van der Waals surface area contributed by atoms with Gasteiger partial charge in [-0.1, -0.05) is 37.6 Å². The highest BCUT2D eigenvalue weighted by Crippen LogP contribution is 2.36. The first-order chi connectivity index (χ1) is 7.31. The third-order valence-electron chi connectivity index (χ3n) is 3.29. The van der Waals surface area contributed by atoms with Gasteiger partial charge >= 0.3 is 0 Å². The Hall–Kier alpha value is -1.11. The summed E-state index contributed by atoms with van der Waals surface area (Å²) in [5.74, 6) is 1.04. The van der Waals surface area contributed by atoms with E-state index in [4.69, 9.17) is 0 Å². The van der Waals surface area contributed by atoms with Gasteiger partial charge in [-0.05, 0) is 30.7 Å². The van der Waals surface area contributed by atoms with E-state index in [9.17, 15) is 4.79 Å². The van der Waals surface area contributed by atoms with Crippen LogP contribution in [0.5, 0.6) is 0 Å². The Morgan fingerprint density at radius 3 is 2.40 bits per heavy atom. The molecule has 0 heterocycles. The Kier molecular flexibility index (Phi) is 3.20. The van der Waals surface area contributed by atoms with Crippen LogP contribution in [0.3, 0.4) is 0 Å². The molecule has 0 aromatic heterocycles. The maximum atomic E-state index is 11.6. The van der Waals surface area contributed by atoms with Gasteiger partial charge in [-0.15, -0.1) is 0 Å². The molecule has 0 N–H and O–H groups in total. The van der Waals surface area contributed by atoms with Crippen molar-refractivity contribution in [3.8, 4) is 0 Å². The number of Topliss-reactive ketones (excluding diaryl/α,β-unsaturated/α-hetero) is 1. The van der Waals surface area contributed by atoms with Crippen molar-refractivity contribution in [2.45, 2.75) is 44.9 Å². The van der Waals surface area contributed by atoms with Gasteiger partial charge in [-0.25, -0.2) is 0 Å². The second-order valence-electron chi connectivity index (χ2n) is 4.42. The van der Waals surface area contributed by atoms with Crippen molar-refractivity contribution in [2.75, 3.05) is 0 Å². The fraction of sp³-hybridized carbons (Fsp3) is 0.500. The lowest BCUT2D eigenvalue weighted by atomic mass is 9.80. The molecular formula is C14H18O. The first-order valence-corrected chi connectivity index (χ1v) is 5.94. The van der Waals surface area contributed by atoms with Gasteiger partial charge in [-0.2, -0.15) is 0 Å². The van der Waals surface area contributed by atoms with Crippen LogP contribution in [0.2, 0.25) is 0 Å². The summed E-state index contributed by atoms with van der Waals surface area (Å²) in [6.07, 6.45) is 5.61. The van der Waals surface area contributed by atoms with Gasteiger partial charge in [0, 0.05) is 12.0 Å². The van der Waals surface area contributed by atoms with Gasteiger partial charge < -0.3 is 0 Å². The van der Waals surface area contributed by atoms with E-state index in [1.54, 1.807) is 0 Å². The average Bonchev–Trinajstić information content (AvgIpc) is 2.16. The second kappa shape index (κ2) is 4.61. The standard InChI is InChI=1S/C14H18O/c1-2-4-14(15)13-9-7-12(8-10-13)11-5-3-6-11/h7-11H,2-6H2,1H3. The molecule has 0 aliphatic heterocycles. The SMILES string of the molecule is CCCC(=O)c1ccc(C2CCC2)cc1. The lowest BCUT2D eigenvalue weighted by Crippen LogP contribution is -2.08. The monoisotopic (exact) mass is 202 g/mol. The van der Waals surface area contributed by atoms with Crippen LogP contribution in [0.1, 0.15) is 60.9 Å². The van der Waals surface area contributed by atoms with Crippen LogP contribution in [0, 0.1) is 0 Å². The quantitative estimate of drug-likeness (QED) is 0.676. The molecule has 1 aliphatic carbocycles. The number of ketones is 1. The predicted octanol–water partition coefficient (Wildman–Crippen LogP) is 3.94. The van der Waals surface area contributed by atoms with E-state index < -0.39 is 0 Å².